The molecule has 3 N–H and O–H groups in total. The van der Waals surface area contributed by atoms with Crippen LogP contribution in [0.15, 0.2) is 24.3 Å². The number of carbonyl (C=O) groups excluding carboxylic acids is 4. The number of ether oxygens (including phenoxy) is 1. The molecular weight excluding hydrogens is 388 g/mol. The largest absolute Gasteiger partial charge is 0.444 e. The first-order chi connectivity index (χ1) is 14.1. The second kappa shape index (κ2) is 8.83. The molecule has 0 aromatic heterocycles. The summed E-state index contributed by atoms with van der Waals surface area (Å²) in [6.45, 7) is 7.29. The van der Waals surface area contributed by atoms with Crippen molar-refractivity contribution in [1.82, 2.24) is 20.9 Å². The summed E-state index contributed by atoms with van der Waals surface area (Å²) in [7, 11) is 0. The fourth-order valence-corrected chi connectivity index (χ4v) is 3.47. The first kappa shape index (κ1) is 21.8. The minimum absolute atomic E-state index is 0.199. The number of rotatable bonds is 3. The molecule has 1 aromatic rings. The van der Waals surface area contributed by atoms with Crippen molar-refractivity contribution in [3.8, 4) is 0 Å². The number of nitrogens with one attached hydrogen (secondary N) is 3. The number of carbonyl (C=O) groups is 4. The van der Waals surface area contributed by atoms with Gasteiger partial charge in [0.25, 0.3) is 5.91 Å². The van der Waals surface area contributed by atoms with Crippen molar-refractivity contribution in [2.45, 2.75) is 51.3 Å². The number of amides is 4. The Kier molecular flexibility index (Phi) is 6.40. The maximum atomic E-state index is 12.6. The van der Waals surface area contributed by atoms with E-state index in [9.17, 15) is 19.2 Å². The SMILES string of the molecule is CC(C)(C)OC(=O)N1CCNCC1c1ccc(C(=O)NC2CCC(=O)NC2=O)cc1. The second-order valence-electron chi connectivity index (χ2n) is 8.49. The van der Waals surface area contributed by atoms with Crippen LogP contribution >= 0.6 is 0 Å². The molecule has 2 unspecified atom stereocenters. The van der Waals surface area contributed by atoms with E-state index in [1.807, 2.05) is 20.8 Å². The molecule has 162 valence electrons. The molecule has 2 saturated heterocycles. The first-order valence-corrected chi connectivity index (χ1v) is 10.1. The predicted molar refractivity (Wildman–Crippen MR) is 109 cm³/mol. The van der Waals surface area contributed by atoms with E-state index in [1.54, 1.807) is 29.2 Å². The zero-order valence-electron chi connectivity index (χ0n) is 17.5. The summed E-state index contributed by atoms with van der Waals surface area (Å²) in [5, 5.41) is 8.16. The molecule has 0 radical (unpaired) electrons. The lowest BCUT2D eigenvalue weighted by atomic mass is 10.0. The maximum Gasteiger partial charge on any atom is 0.410 e. The normalized spacial score (nSPS) is 22.3. The van der Waals surface area contributed by atoms with Crippen molar-refractivity contribution in [2.24, 2.45) is 0 Å². The third kappa shape index (κ3) is 5.35. The van der Waals surface area contributed by atoms with E-state index >= 15 is 0 Å². The maximum absolute atomic E-state index is 12.6. The summed E-state index contributed by atoms with van der Waals surface area (Å²) in [6, 6.07) is 6.00. The van der Waals surface area contributed by atoms with Gasteiger partial charge in [0, 0.05) is 31.6 Å². The van der Waals surface area contributed by atoms with Crippen molar-refractivity contribution >= 4 is 23.8 Å². The highest BCUT2D eigenvalue weighted by atomic mass is 16.6. The van der Waals surface area contributed by atoms with Gasteiger partial charge in [-0.2, -0.15) is 0 Å². The molecule has 9 nitrogen and oxygen atoms in total. The third-order valence-corrected chi connectivity index (χ3v) is 4.97. The summed E-state index contributed by atoms with van der Waals surface area (Å²) in [4.78, 5) is 49.8. The van der Waals surface area contributed by atoms with Crippen LogP contribution in [0.5, 0.6) is 0 Å². The van der Waals surface area contributed by atoms with E-state index in [-0.39, 0.29) is 36.8 Å². The van der Waals surface area contributed by atoms with E-state index < -0.39 is 17.6 Å². The van der Waals surface area contributed by atoms with E-state index in [0.29, 0.717) is 25.2 Å². The fraction of sp³-hybridized carbons (Fsp3) is 0.524. The van der Waals surface area contributed by atoms with Gasteiger partial charge in [0.05, 0.1) is 6.04 Å². The summed E-state index contributed by atoms with van der Waals surface area (Å²) < 4.78 is 5.53. The lowest BCUT2D eigenvalue weighted by molar-refractivity contribution is -0.134. The van der Waals surface area contributed by atoms with Gasteiger partial charge in [0.1, 0.15) is 11.6 Å². The van der Waals surface area contributed by atoms with Crippen LogP contribution in [-0.4, -0.2) is 60.0 Å². The van der Waals surface area contributed by atoms with Crippen LogP contribution in [-0.2, 0) is 14.3 Å². The van der Waals surface area contributed by atoms with Gasteiger partial charge in [0.15, 0.2) is 0 Å². The molecule has 30 heavy (non-hydrogen) atoms. The third-order valence-electron chi connectivity index (χ3n) is 4.97. The van der Waals surface area contributed by atoms with E-state index in [4.69, 9.17) is 4.74 Å². The summed E-state index contributed by atoms with van der Waals surface area (Å²) in [5.74, 6) is -1.20. The Morgan fingerprint density at radius 1 is 1.17 bits per heavy atom. The van der Waals surface area contributed by atoms with Crippen molar-refractivity contribution < 1.29 is 23.9 Å². The van der Waals surface area contributed by atoms with Gasteiger partial charge in [-0.1, -0.05) is 12.1 Å². The summed E-state index contributed by atoms with van der Waals surface area (Å²) in [5.41, 5.74) is 0.700. The number of benzene rings is 1. The monoisotopic (exact) mass is 416 g/mol. The first-order valence-electron chi connectivity index (χ1n) is 10.1. The van der Waals surface area contributed by atoms with E-state index in [1.165, 1.54) is 0 Å². The van der Waals surface area contributed by atoms with Crippen LogP contribution in [0.25, 0.3) is 0 Å². The molecule has 3 rings (SSSR count). The Labute approximate surface area is 175 Å². The van der Waals surface area contributed by atoms with Gasteiger partial charge in [-0.3, -0.25) is 24.6 Å². The molecular formula is C21H28N4O5. The average molecular weight is 416 g/mol. The van der Waals surface area contributed by atoms with Gasteiger partial charge < -0.3 is 15.4 Å². The van der Waals surface area contributed by atoms with E-state index in [2.05, 4.69) is 16.0 Å². The molecule has 1 aromatic carbocycles. The highest BCUT2D eigenvalue weighted by Crippen LogP contribution is 2.25. The van der Waals surface area contributed by atoms with Crippen molar-refractivity contribution in [2.75, 3.05) is 19.6 Å². The van der Waals surface area contributed by atoms with Gasteiger partial charge >= 0.3 is 6.09 Å². The van der Waals surface area contributed by atoms with Gasteiger partial charge in [-0.25, -0.2) is 4.79 Å². The average Bonchev–Trinajstić information content (AvgIpc) is 2.69. The second-order valence-corrected chi connectivity index (χ2v) is 8.49. The molecule has 0 bridgehead atoms. The van der Waals surface area contributed by atoms with E-state index in [0.717, 1.165) is 5.56 Å². The Morgan fingerprint density at radius 3 is 2.50 bits per heavy atom. The quantitative estimate of drug-likeness (QED) is 0.636. The number of imide groups is 1. The standard InChI is InChI=1S/C21H28N4O5/c1-21(2,3)30-20(29)25-11-10-22-12-16(25)13-4-6-14(7-5-13)18(27)23-15-8-9-17(26)24-19(15)28/h4-7,15-16,22H,8-12H2,1-3H3,(H,23,27)(H,24,26,28). The highest BCUT2D eigenvalue weighted by Gasteiger charge is 2.32. The molecule has 2 heterocycles. The predicted octanol–water partition coefficient (Wildman–Crippen LogP) is 1.10. The van der Waals surface area contributed by atoms with Crippen molar-refractivity contribution in [3.63, 3.8) is 0 Å². The lowest BCUT2D eigenvalue weighted by Gasteiger charge is -2.37. The van der Waals surface area contributed by atoms with Gasteiger partial charge in [0.2, 0.25) is 11.8 Å². The molecule has 0 aliphatic carbocycles. The minimum Gasteiger partial charge on any atom is -0.444 e. The molecule has 2 aliphatic heterocycles. The molecule has 2 atom stereocenters. The van der Waals surface area contributed by atoms with Crippen LogP contribution in [0.1, 0.15) is 55.6 Å². The summed E-state index contributed by atoms with van der Waals surface area (Å²) >= 11 is 0. The fourth-order valence-electron chi connectivity index (χ4n) is 3.47. The van der Waals surface area contributed by atoms with Crippen LogP contribution in [0.3, 0.4) is 0 Å². The Hall–Kier alpha value is -2.94. The zero-order valence-corrected chi connectivity index (χ0v) is 17.5. The molecule has 2 fully saturated rings. The topological polar surface area (TPSA) is 117 Å². The smallest absolute Gasteiger partial charge is 0.410 e. The molecule has 2 aliphatic rings. The van der Waals surface area contributed by atoms with Gasteiger partial charge in [-0.15, -0.1) is 0 Å². The van der Waals surface area contributed by atoms with Crippen molar-refractivity contribution in [1.29, 1.82) is 0 Å². The lowest BCUT2D eigenvalue weighted by Crippen LogP contribution is -2.52. The minimum atomic E-state index is -0.722. The molecule has 9 heteroatoms. The number of hydrogen-bond donors (Lipinski definition) is 3. The number of piperazine rings is 1. The zero-order chi connectivity index (χ0) is 21.9. The number of hydrogen-bond acceptors (Lipinski definition) is 6. The summed E-state index contributed by atoms with van der Waals surface area (Å²) in [6.07, 6.45) is 0.117. The molecule has 0 spiro atoms. The van der Waals surface area contributed by atoms with Crippen LogP contribution < -0.4 is 16.0 Å². The Bertz CT molecular complexity index is 831. The van der Waals surface area contributed by atoms with Crippen LogP contribution in [0.2, 0.25) is 0 Å². The molecule has 4 amide bonds. The molecule has 0 saturated carbocycles. The Balaban J connectivity index is 1.67. The van der Waals surface area contributed by atoms with Crippen molar-refractivity contribution in [3.05, 3.63) is 35.4 Å². The highest BCUT2D eigenvalue weighted by molar-refractivity contribution is 6.03. The number of nitrogens with zero attached hydrogens (tertiary/aromatic N) is 1. The van der Waals surface area contributed by atoms with Gasteiger partial charge in [-0.05, 0) is 44.9 Å². The Morgan fingerprint density at radius 2 is 1.87 bits per heavy atom. The number of piperidine rings is 1. The van der Waals surface area contributed by atoms with Crippen LogP contribution in [0, 0.1) is 0 Å². The van der Waals surface area contributed by atoms with Crippen LogP contribution in [0.4, 0.5) is 4.79 Å².